The molecule has 2 aromatic carbocycles. The number of likely N-dealkylation sites (tertiary alicyclic amines) is 1. The molecule has 1 saturated carbocycles. The number of carbonyl (C=O) groups is 1. The molecule has 2 fully saturated rings. The molecule has 4 nitrogen and oxygen atoms in total. The maximum atomic E-state index is 12.4. The molecule has 0 radical (unpaired) electrons. The van der Waals surface area contributed by atoms with Crippen molar-refractivity contribution in [3.8, 4) is 5.75 Å². The van der Waals surface area contributed by atoms with Crippen molar-refractivity contribution < 1.29 is 14.6 Å². The zero-order chi connectivity index (χ0) is 20.9. The Hall–Kier alpha value is -2.17. The van der Waals surface area contributed by atoms with Crippen molar-refractivity contribution in [2.45, 2.75) is 50.8 Å². The first-order valence-corrected chi connectivity index (χ1v) is 11.2. The summed E-state index contributed by atoms with van der Waals surface area (Å²) in [4.78, 5) is 14.9. The lowest BCUT2D eigenvalue weighted by molar-refractivity contribution is -0.154. The van der Waals surface area contributed by atoms with E-state index in [1.54, 1.807) is 14.0 Å². The van der Waals surface area contributed by atoms with Crippen molar-refractivity contribution in [3.63, 3.8) is 0 Å². The Morgan fingerprint density at radius 3 is 2.70 bits per heavy atom. The van der Waals surface area contributed by atoms with Gasteiger partial charge in [-0.05, 0) is 73.3 Å². The smallest absolute Gasteiger partial charge is 0.135 e. The van der Waals surface area contributed by atoms with E-state index in [9.17, 15) is 9.90 Å². The second-order valence-corrected chi connectivity index (χ2v) is 9.44. The lowest BCUT2D eigenvalue weighted by Gasteiger charge is -2.54. The minimum atomic E-state index is -0.919. The first-order valence-electron chi connectivity index (χ1n) is 11.2. The van der Waals surface area contributed by atoms with Crippen LogP contribution in [0.15, 0.2) is 48.5 Å². The van der Waals surface area contributed by atoms with Gasteiger partial charge >= 0.3 is 0 Å². The van der Waals surface area contributed by atoms with E-state index in [1.807, 2.05) is 6.07 Å². The lowest BCUT2D eigenvalue weighted by Crippen LogP contribution is -2.60. The summed E-state index contributed by atoms with van der Waals surface area (Å²) in [6.07, 6.45) is 3.84. The summed E-state index contributed by atoms with van der Waals surface area (Å²) in [5.74, 6) is 1.33. The Kier molecular flexibility index (Phi) is 4.95. The van der Waals surface area contributed by atoms with Crippen LogP contribution in [0.25, 0.3) is 0 Å². The molecular formula is C26H31NO3. The SMILES string of the molecule is COc1ccc2c(c1)[C@H]1[C@@H](CC2)[C@@H]2CC[C@@H](C(C)=O)[C@@]2(O)CN1Cc1ccccc1. The van der Waals surface area contributed by atoms with Crippen LogP contribution in [0.4, 0.5) is 0 Å². The highest BCUT2D eigenvalue weighted by molar-refractivity contribution is 5.80. The number of methoxy groups -OCH3 is 1. The molecule has 5 atom stereocenters. The summed E-state index contributed by atoms with van der Waals surface area (Å²) in [6, 6.07) is 17.2. The number of aliphatic hydroxyl groups is 1. The Morgan fingerprint density at radius 2 is 1.97 bits per heavy atom. The van der Waals surface area contributed by atoms with Gasteiger partial charge in [-0.2, -0.15) is 0 Å². The third-order valence-corrected chi connectivity index (χ3v) is 7.92. The van der Waals surface area contributed by atoms with Gasteiger partial charge in [-0.1, -0.05) is 36.4 Å². The molecule has 2 aliphatic carbocycles. The molecule has 0 unspecified atom stereocenters. The van der Waals surface area contributed by atoms with Crippen molar-refractivity contribution in [1.29, 1.82) is 0 Å². The fourth-order valence-corrected chi connectivity index (χ4v) is 6.67. The molecule has 158 valence electrons. The zero-order valence-corrected chi connectivity index (χ0v) is 17.9. The number of carbonyl (C=O) groups excluding carboxylic acids is 1. The van der Waals surface area contributed by atoms with Crippen molar-refractivity contribution in [3.05, 3.63) is 65.2 Å². The van der Waals surface area contributed by atoms with Gasteiger partial charge in [0.05, 0.1) is 12.7 Å². The molecule has 1 aliphatic heterocycles. The van der Waals surface area contributed by atoms with Gasteiger partial charge in [-0.3, -0.25) is 9.69 Å². The first kappa shape index (κ1) is 19.8. The number of ether oxygens (including phenoxy) is 1. The number of benzene rings is 2. The van der Waals surface area contributed by atoms with Gasteiger partial charge in [0.2, 0.25) is 0 Å². The zero-order valence-electron chi connectivity index (χ0n) is 17.9. The Morgan fingerprint density at radius 1 is 1.17 bits per heavy atom. The summed E-state index contributed by atoms with van der Waals surface area (Å²) in [7, 11) is 1.72. The van der Waals surface area contributed by atoms with Crippen LogP contribution in [0, 0.1) is 17.8 Å². The molecule has 30 heavy (non-hydrogen) atoms. The van der Waals surface area contributed by atoms with E-state index in [1.165, 1.54) is 16.7 Å². The van der Waals surface area contributed by atoms with Crippen LogP contribution < -0.4 is 4.74 Å². The quantitative estimate of drug-likeness (QED) is 0.830. The Balaban J connectivity index is 1.59. The van der Waals surface area contributed by atoms with Gasteiger partial charge < -0.3 is 9.84 Å². The summed E-state index contributed by atoms with van der Waals surface area (Å²) in [5, 5.41) is 11.9. The summed E-state index contributed by atoms with van der Waals surface area (Å²) in [5.41, 5.74) is 3.06. The number of rotatable bonds is 4. The van der Waals surface area contributed by atoms with Crippen LogP contribution in [-0.2, 0) is 17.8 Å². The predicted molar refractivity (Wildman–Crippen MR) is 116 cm³/mol. The number of hydrogen-bond donors (Lipinski definition) is 1. The van der Waals surface area contributed by atoms with Crippen LogP contribution in [-0.4, -0.2) is 35.0 Å². The fourth-order valence-electron chi connectivity index (χ4n) is 6.67. The number of β-amino-alcohol motifs (C(OH)–C–C–N with tert-alkyl or cyclic N) is 1. The summed E-state index contributed by atoms with van der Waals surface area (Å²) < 4.78 is 5.56. The summed E-state index contributed by atoms with van der Waals surface area (Å²) >= 11 is 0. The third kappa shape index (κ3) is 3.09. The second-order valence-electron chi connectivity index (χ2n) is 9.44. The van der Waals surface area contributed by atoms with Gasteiger partial charge in [0.25, 0.3) is 0 Å². The lowest BCUT2D eigenvalue weighted by atomic mass is 9.63. The van der Waals surface area contributed by atoms with E-state index in [0.717, 1.165) is 38.0 Å². The average Bonchev–Trinajstić information content (AvgIpc) is 3.10. The molecule has 5 rings (SSSR count). The van der Waals surface area contributed by atoms with Crippen LogP contribution in [0.5, 0.6) is 5.75 Å². The van der Waals surface area contributed by atoms with Crippen LogP contribution in [0.2, 0.25) is 0 Å². The number of Topliss-reactive ketones (excluding diaryl/α,β-unsaturated/α-hetero) is 1. The number of fused-ring (bicyclic) bond motifs is 5. The van der Waals surface area contributed by atoms with Gasteiger partial charge in [0, 0.05) is 25.0 Å². The highest BCUT2D eigenvalue weighted by atomic mass is 16.5. The van der Waals surface area contributed by atoms with Gasteiger partial charge in [-0.25, -0.2) is 0 Å². The maximum Gasteiger partial charge on any atom is 0.135 e. The van der Waals surface area contributed by atoms with Crippen molar-refractivity contribution in [1.82, 2.24) is 4.90 Å². The topological polar surface area (TPSA) is 49.8 Å². The normalized spacial score (nSPS) is 32.8. The second kappa shape index (κ2) is 7.51. The minimum Gasteiger partial charge on any atom is -0.497 e. The maximum absolute atomic E-state index is 12.4. The minimum absolute atomic E-state index is 0.135. The fraction of sp³-hybridized carbons (Fsp3) is 0.500. The first-order chi connectivity index (χ1) is 14.5. The molecule has 0 amide bonds. The molecular weight excluding hydrogens is 374 g/mol. The van der Waals surface area contributed by atoms with Crippen LogP contribution in [0.3, 0.4) is 0 Å². The molecule has 0 aromatic heterocycles. The third-order valence-electron chi connectivity index (χ3n) is 7.92. The van der Waals surface area contributed by atoms with Crippen molar-refractivity contribution in [2.75, 3.05) is 13.7 Å². The highest BCUT2D eigenvalue weighted by Crippen LogP contribution is 2.57. The molecule has 3 aliphatic rings. The van der Waals surface area contributed by atoms with Crippen LogP contribution >= 0.6 is 0 Å². The van der Waals surface area contributed by atoms with E-state index in [-0.39, 0.29) is 23.7 Å². The standard InChI is InChI=1S/C26H31NO3/c1-17(28)23-12-13-24-21-11-9-19-8-10-20(30-2)14-22(19)25(21)27(16-26(23,24)29)15-18-6-4-3-5-7-18/h3-8,10,14,21,23-25,29H,9,11-13,15-16H2,1-2H3/t21-,23-,24-,25+,26-/m0/s1. The van der Waals surface area contributed by atoms with E-state index in [0.29, 0.717) is 12.5 Å². The average molecular weight is 406 g/mol. The number of nitrogens with zero attached hydrogens (tertiary/aromatic N) is 1. The van der Waals surface area contributed by atoms with Crippen molar-refractivity contribution >= 4 is 5.78 Å². The molecule has 1 saturated heterocycles. The van der Waals surface area contributed by atoms with Gasteiger partial charge in [-0.15, -0.1) is 0 Å². The van der Waals surface area contributed by atoms with Crippen molar-refractivity contribution in [2.24, 2.45) is 17.8 Å². The van der Waals surface area contributed by atoms with Gasteiger partial charge in [0.15, 0.2) is 0 Å². The molecule has 2 aromatic rings. The highest BCUT2D eigenvalue weighted by Gasteiger charge is 2.60. The van der Waals surface area contributed by atoms with E-state index >= 15 is 0 Å². The number of aryl methyl sites for hydroxylation is 1. The molecule has 0 bridgehead atoms. The predicted octanol–water partition coefficient (Wildman–Crippen LogP) is 4.16. The number of piperidine rings is 1. The summed E-state index contributed by atoms with van der Waals surface area (Å²) in [6.45, 7) is 2.98. The van der Waals surface area contributed by atoms with E-state index in [2.05, 4.69) is 47.4 Å². The molecule has 0 spiro atoms. The number of hydrogen-bond acceptors (Lipinski definition) is 4. The molecule has 4 heteroatoms. The van der Waals surface area contributed by atoms with Gasteiger partial charge in [0.1, 0.15) is 11.5 Å². The van der Waals surface area contributed by atoms with Crippen LogP contribution in [0.1, 0.15) is 48.9 Å². The van der Waals surface area contributed by atoms with E-state index in [4.69, 9.17) is 4.74 Å². The molecule has 1 heterocycles. The van der Waals surface area contributed by atoms with E-state index < -0.39 is 5.60 Å². The largest absolute Gasteiger partial charge is 0.497 e. The monoisotopic (exact) mass is 405 g/mol. The Bertz CT molecular complexity index is 943. The number of ketones is 1. The molecule has 1 N–H and O–H groups in total. The Labute approximate surface area is 178 Å².